The zero-order chi connectivity index (χ0) is 46.1. The number of imidazole rings is 2. The summed E-state index contributed by atoms with van der Waals surface area (Å²) in [6.07, 6.45) is 8.25. The van der Waals surface area contributed by atoms with Crippen molar-refractivity contribution in [3.8, 4) is 45.4 Å². The van der Waals surface area contributed by atoms with E-state index in [1.165, 1.54) is 0 Å². The van der Waals surface area contributed by atoms with Crippen molar-refractivity contribution < 1.29 is 4.42 Å². The molecule has 1 aliphatic rings. The first-order chi connectivity index (χ1) is 34.7. The molecule has 0 aliphatic heterocycles. The molecule has 14 rings (SSSR count). The van der Waals surface area contributed by atoms with Crippen LogP contribution in [-0.2, 0) is 6.42 Å². The van der Waals surface area contributed by atoms with Gasteiger partial charge in [-0.25, -0.2) is 9.97 Å². The summed E-state index contributed by atoms with van der Waals surface area (Å²) in [6.45, 7) is 0. The summed E-state index contributed by atoms with van der Waals surface area (Å²) in [5.74, 6) is 1.87. The van der Waals surface area contributed by atoms with Crippen molar-refractivity contribution in [2.45, 2.75) is 12.8 Å². The zero-order valence-corrected chi connectivity index (χ0v) is 37.9. The third kappa shape index (κ3) is 6.62. The molecule has 13 aromatic rings. The summed E-state index contributed by atoms with van der Waals surface area (Å²) in [5, 5.41) is 6.62. The second kappa shape index (κ2) is 16.2. The molecule has 0 radical (unpaired) electrons. The summed E-state index contributed by atoms with van der Waals surface area (Å²) in [5.41, 5.74) is 15.4. The van der Waals surface area contributed by atoms with Gasteiger partial charge in [0.25, 0.3) is 0 Å². The second-order valence-corrected chi connectivity index (χ2v) is 18.0. The quantitative estimate of drug-likeness (QED) is 0.152. The highest BCUT2D eigenvalue weighted by atomic mass is 16.3. The van der Waals surface area contributed by atoms with E-state index in [1.54, 1.807) is 0 Å². The molecule has 0 N–H and O–H groups in total. The molecular weight excluding hydrogens is 857 g/mol. The minimum absolute atomic E-state index is 0.827. The van der Waals surface area contributed by atoms with Crippen molar-refractivity contribution in [1.29, 1.82) is 0 Å². The Bertz CT molecular complexity index is 4180. The van der Waals surface area contributed by atoms with Gasteiger partial charge in [-0.2, -0.15) is 0 Å². The Labute approximate surface area is 403 Å². The number of hydrogen-bond donors (Lipinski definition) is 0. The molecule has 0 saturated heterocycles. The summed E-state index contributed by atoms with van der Waals surface area (Å²) in [4.78, 5) is 17.7. The highest BCUT2D eigenvalue weighted by molar-refractivity contribution is 6.11. The number of para-hydroxylation sites is 5. The maximum atomic E-state index is 6.25. The SMILES string of the molecule is C1=Cc2c(nc(-c3ccc4cc(N(c5ccc(-c6nccc7oc8ccccc8c67)cc5)c5ccc6cc(-c7nc8ccccc8n7-c7ccccc7)ccc6c5)ccc4c3)n2-c2ccccc2)CC1. The van der Waals surface area contributed by atoms with Crippen LogP contribution in [0, 0.1) is 0 Å². The Kier molecular flexibility index (Phi) is 9.20. The van der Waals surface area contributed by atoms with E-state index in [0.29, 0.717) is 0 Å². The molecule has 0 atom stereocenters. The van der Waals surface area contributed by atoms with Crippen LogP contribution < -0.4 is 4.90 Å². The molecule has 7 nitrogen and oxygen atoms in total. The van der Waals surface area contributed by atoms with Gasteiger partial charge in [0.05, 0.1) is 33.5 Å². The van der Waals surface area contributed by atoms with Crippen LogP contribution in [-0.4, -0.2) is 24.1 Å². The maximum Gasteiger partial charge on any atom is 0.145 e. The molecule has 0 unspecified atom stereocenters. The fourth-order valence-corrected chi connectivity index (χ4v) is 10.5. The molecule has 0 saturated carbocycles. The van der Waals surface area contributed by atoms with Gasteiger partial charge >= 0.3 is 0 Å². The van der Waals surface area contributed by atoms with Crippen LogP contribution >= 0.6 is 0 Å². The van der Waals surface area contributed by atoms with Gasteiger partial charge in [-0.15, -0.1) is 0 Å². The van der Waals surface area contributed by atoms with Gasteiger partial charge in [0.15, 0.2) is 0 Å². The van der Waals surface area contributed by atoms with Gasteiger partial charge in [-0.05, 0) is 138 Å². The number of aryl methyl sites for hydroxylation is 1. The lowest BCUT2D eigenvalue weighted by molar-refractivity contribution is 0.668. The van der Waals surface area contributed by atoms with Crippen molar-refractivity contribution in [1.82, 2.24) is 24.1 Å². The minimum Gasteiger partial charge on any atom is -0.456 e. The van der Waals surface area contributed by atoms with E-state index in [0.717, 1.165) is 141 Å². The number of furan rings is 1. The average molecular weight is 899 g/mol. The maximum absolute atomic E-state index is 6.25. The van der Waals surface area contributed by atoms with E-state index in [4.69, 9.17) is 19.4 Å². The van der Waals surface area contributed by atoms with Gasteiger partial charge in [0, 0.05) is 56.7 Å². The smallest absolute Gasteiger partial charge is 0.145 e. The molecule has 0 bridgehead atoms. The van der Waals surface area contributed by atoms with Crippen molar-refractivity contribution >= 4 is 77.7 Å². The van der Waals surface area contributed by atoms with Crippen LogP contribution in [0.2, 0.25) is 0 Å². The monoisotopic (exact) mass is 898 g/mol. The predicted molar refractivity (Wildman–Crippen MR) is 287 cm³/mol. The third-order valence-electron chi connectivity index (χ3n) is 13.8. The van der Waals surface area contributed by atoms with Crippen LogP contribution in [0.1, 0.15) is 17.8 Å². The number of fused-ring (bicyclic) bond motifs is 7. The summed E-state index contributed by atoms with van der Waals surface area (Å²) >= 11 is 0. The summed E-state index contributed by atoms with van der Waals surface area (Å²) in [6, 6.07) is 75.2. The number of benzene rings is 9. The highest BCUT2D eigenvalue weighted by Gasteiger charge is 2.22. The molecule has 4 aromatic heterocycles. The van der Waals surface area contributed by atoms with Crippen LogP contribution in [0.25, 0.3) is 106 Å². The number of nitrogens with zero attached hydrogens (tertiary/aromatic N) is 6. The number of hydrogen-bond acceptors (Lipinski definition) is 5. The van der Waals surface area contributed by atoms with E-state index < -0.39 is 0 Å². The molecule has 4 heterocycles. The first kappa shape index (κ1) is 39.8. The molecule has 0 amide bonds. The fourth-order valence-electron chi connectivity index (χ4n) is 10.5. The topological polar surface area (TPSA) is 64.9 Å². The lowest BCUT2D eigenvalue weighted by atomic mass is 10.0. The van der Waals surface area contributed by atoms with Crippen LogP contribution in [0.5, 0.6) is 0 Å². The summed E-state index contributed by atoms with van der Waals surface area (Å²) in [7, 11) is 0. The van der Waals surface area contributed by atoms with Gasteiger partial charge < -0.3 is 9.32 Å². The minimum atomic E-state index is 0.827. The predicted octanol–water partition coefficient (Wildman–Crippen LogP) is 16.2. The van der Waals surface area contributed by atoms with Crippen molar-refractivity contribution in [2.24, 2.45) is 0 Å². The average Bonchev–Trinajstić information content (AvgIpc) is 4.14. The van der Waals surface area contributed by atoms with E-state index in [9.17, 15) is 0 Å². The van der Waals surface area contributed by atoms with Gasteiger partial charge in [0.2, 0.25) is 0 Å². The first-order valence-electron chi connectivity index (χ1n) is 23.8. The first-order valence-corrected chi connectivity index (χ1v) is 23.8. The standard InChI is InChI=1S/C63H42N6O/c1-3-13-48(14-4-1)68-56-20-10-8-18-54(56)65-62(68)46-25-23-44-39-51(33-29-42(44)37-46)67(50-31-27-41(28-32-50)61-60-53-17-7-12-22-58(53)70-59(60)35-36-64-61)52-34-30-43-38-47(26-24-45(43)40-52)63-66-55-19-9-11-21-57(55)69(63)49-15-5-2-6-16-49/h1-8,10-18,20-40H,9,19H2. The van der Waals surface area contributed by atoms with Crippen molar-refractivity contribution in [3.05, 3.63) is 236 Å². The largest absolute Gasteiger partial charge is 0.456 e. The van der Waals surface area contributed by atoms with Crippen LogP contribution in [0.15, 0.2) is 229 Å². The molecule has 0 spiro atoms. The molecule has 330 valence electrons. The van der Waals surface area contributed by atoms with E-state index in [1.807, 2.05) is 30.5 Å². The van der Waals surface area contributed by atoms with E-state index in [-0.39, 0.29) is 0 Å². The molecule has 0 fully saturated rings. The Morgan fingerprint density at radius 3 is 1.79 bits per heavy atom. The number of pyridine rings is 1. The van der Waals surface area contributed by atoms with Crippen LogP contribution in [0.4, 0.5) is 17.1 Å². The van der Waals surface area contributed by atoms with Gasteiger partial charge in [-0.3, -0.25) is 14.1 Å². The number of anilines is 3. The lowest BCUT2D eigenvalue weighted by Crippen LogP contribution is -2.10. The molecule has 9 aromatic carbocycles. The number of allylic oxidation sites excluding steroid dienone is 1. The molecular formula is C63H42N6O. The Hall–Kier alpha value is -9.33. The second-order valence-electron chi connectivity index (χ2n) is 18.0. The lowest BCUT2D eigenvalue weighted by Gasteiger charge is -2.26. The Morgan fingerprint density at radius 2 is 1.06 bits per heavy atom. The fraction of sp³-hybridized carbons (Fsp3) is 0.0317. The Morgan fingerprint density at radius 1 is 0.471 bits per heavy atom. The molecule has 1 aliphatic carbocycles. The number of aromatic nitrogens is 5. The molecule has 70 heavy (non-hydrogen) atoms. The van der Waals surface area contributed by atoms with Crippen LogP contribution in [0.3, 0.4) is 0 Å². The Balaban J connectivity index is 0.882. The van der Waals surface area contributed by atoms with Crippen molar-refractivity contribution in [2.75, 3.05) is 4.90 Å². The van der Waals surface area contributed by atoms with Gasteiger partial charge in [-0.1, -0.05) is 121 Å². The summed E-state index contributed by atoms with van der Waals surface area (Å²) < 4.78 is 10.8. The molecule has 7 heteroatoms. The normalized spacial score (nSPS) is 12.4. The van der Waals surface area contributed by atoms with E-state index in [2.05, 4.69) is 214 Å². The third-order valence-corrected chi connectivity index (χ3v) is 13.8. The van der Waals surface area contributed by atoms with Crippen molar-refractivity contribution in [3.63, 3.8) is 0 Å². The highest BCUT2D eigenvalue weighted by Crippen LogP contribution is 2.42. The van der Waals surface area contributed by atoms with E-state index >= 15 is 0 Å². The van der Waals surface area contributed by atoms with Gasteiger partial charge in [0.1, 0.15) is 22.8 Å². The number of rotatable bonds is 8. The zero-order valence-electron chi connectivity index (χ0n) is 37.9.